The van der Waals surface area contributed by atoms with Crippen molar-refractivity contribution in [2.24, 2.45) is 12.8 Å². The number of nitrogens with zero attached hydrogens (tertiary/aromatic N) is 4. The Bertz CT molecular complexity index is 1410. The molecule has 1 atom stereocenters. The van der Waals surface area contributed by atoms with Crippen molar-refractivity contribution in [3.8, 4) is 22.6 Å². The lowest BCUT2D eigenvalue weighted by Crippen LogP contribution is -2.40. The molecule has 4 N–H and O–H groups in total. The van der Waals surface area contributed by atoms with E-state index >= 15 is 0 Å². The molecule has 4 aromatic rings. The number of nitrogens with one attached hydrogen (secondary N) is 1. The van der Waals surface area contributed by atoms with E-state index in [2.05, 4.69) is 20.4 Å². The molecule has 0 spiro atoms. The van der Waals surface area contributed by atoms with Crippen LogP contribution in [0.1, 0.15) is 42.5 Å². The van der Waals surface area contributed by atoms with E-state index in [1.54, 1.807) is 43.7 Å². The van der Waals surface area contributed by atoms with Crippen molar-refractivity contribution >= 4 is 28.8 Å². The van der Waals surface area contributed by atoms with Gasteiger partial charge in [0.2, 0.25) is 0 Å². The Kier molecular flexibility index (Phi) is 6.98. The smallest absolute Gasteiger partial charge is 0.269 e. The summed E-state index contributed by atoms with van der Waals surface area (Å²) in [5.74, 6) is -0.996. The molecule has 3 heterocycles. The lowest BCUT2D eigenvalue weighted by Gasteiger charge is -2.27. The molecule has 1 aromatic carbocycles. The van der Waals surface area contributed by atoms with Gasteiger partial charge in [-0.2, -0.15) is 5.10 Å². The summed E-state index contributed by atoms with van der Waals surface area (Å²) in [7, 11) is 1.66. The molecule has 11 heteroatoms. The Balaban J connectivity index is 1.61. The number of hydrogen-bond acceptors (Lipinski definition) is 7. The molecule has 0 saturated carbocycles. The minimum absolute atomic E-state index is 0.00269. The molecule has 1 amide bonds. The van der Waals surface area contributed by atoms with Gasteiger partial charge in [-0.1, -0.05) is 17.7 Å². The van der Waals surface area contributed by atoms with Crippen molar-refractivity contribution < 1.29 is 14.3 Å². The summed E-state index contributed by atoms with van der Waals surface area (Å²) < 4.78 is 15.6. The molecule has 0 aliphatic heterocycles. The van der Waals surface area contributed by atoms with Crippen LogP contribution in [0.5, 0.6) is 0 Å². The van der Waals surface area contributed by atoms with E-state index in [1.807, 2.05) is 19.2 Å². The van der Waals surface area contributed by atoms with Crippen LogP contribution in [0.25, 0.3) is 22.6 Å². The van der Waals surface area contributed by atoms with Gasteiger partial charge in [0.1, 0.15) is 28.5 Å². The molecule has 3 aromatic heterocycles. The second-order valence-corrected chi connectivity index (χ2v) is 10.5. The number of aromatic nitrogens is 4. The van der Waals surface area contributed by atoms with Gasteiger partial charge in [-0.3, -0.25) is 9.48 Å². The zero-order chi connectivity index (χ0) is 26.3. The topological polar surface area (TPSA) is 119 Å². The summed E-state index contributed by atoms with van der Waals surface area (Å²) in [5, 5.41) is 20.3. The third-order valence-electron chi connectivity index (χ3n) is 5.74. The third kappa shape index (κ3) is 5.46. The van der Waals surface area contributed by atoms with Gasteiger partial charge in [0, 0.05) is 23.5 Å². The fourth-order valence-corrected chi connectivity index (χ4v) is 4.22. The van der Waals surface area contributed by atoms with E-state index in [0.29, 0.717) is 33.9 Å². The van der Waals surface area contributed by atoms with E-state index < -0.39 is 22.9 Å². The number of hydrogen-bond donors (Lipinski definition) is 3. The summed E-state index contributed by atoms with van der Waals surface area (Å²) >= 11 is 7.27. The molecule has 0 aliphatic carbocycles. The highest BCUT2D eigenvalue weighted by molar-refractivity contribution is 7.07. The van der Waals surface area contributed by atoms with E-state index in [0.717, 1.165) is 0 Å². The van der Waals surface area contributed by atoms with Crippen molar-refractivity contribution in [1.29, 1.82) is 0 Å². The Labute approximate surface area is 217 Å². The molecule has 4 rings (SSSR count). The third-order valence-corrected chi connectivity index (χ3v) is 6.63. The first kappa shape index (κ1) is 25.9. The fourth-order valence-electron chi connectivity index (χ4n) is 3.56. The summed E-state index contributed by atoms with van der Waals surface area (Å²) in [6.07, 6.45) is 0. The van der Waals surface area contributed by atoms with Crippen molar-refractivity contribution in [2.45, 2.75) is 31.9 Å². The number of pyridine rings is 1. The Morgan fingerprint density at radius 2 is 1.94 bits per heavy atom. The van der Waals surface area contributed by atoms with Gasteiger partial charge in [-0.05, 0) is 56.7 Å². The molecule has 0 fully saturated rings. The highest BCUT2D eigenvalue weighted by Gasteiger charge is 2.29. The zero-order valence-corrected chi connectivity index (χ0v) is 21.8. The Hall–Kier alpha value is -3.18. The largest absolute Gasteiger partial charge is 0.382 e. The minimum atomic E-state index is -1.56. The number of carbonyl (C=O) groups excluding carboxylic acids is 1. The normalized spacial score (nSPS) is 13.4. The van der Waals surface area contributed by atoms with E-state index in [-0.39, 0.29) is 17.3 Å². The van der Waals surface area contributed by atoms with Crippen LogP contribution in [-0.4, -0.2) is 37.3 Å². The second-order valence-electron chi connectivity index (χ2n) is 9.35. The number of benzene rings is 1. The van der Waals surface area contributed by atoms with E-state index in [1.165, 1.54) is 28.2 Å². The Morgan fingerprint density at radius 1 is 1.19 bits per heavy atom. The van der Waals surface area contributed by atoms with Crippen LogP contribution in [0.15, 0.2) is 47.3 Å². The summed E-state index contributed by atoms with van der Waals surface area (Å²) in [6, 6.07) is 9.44. The van der Waals surface area contributed by atoms with Crippen LogP contribution in [0.2, 0.25) is 5.02 Å². The molecule has 1 unspecified atom stereocenters. The average molecular weight is 529 g/mol. The molecule has 188 valence electrons. The lowest BCUT2D eigenvalue weighted by atomic mass is 9.90. The van der Waals surface area contributed by atoms with Gasteiger partial charge < -0.3 is 16.2 Å². The predicted octanol–water partition coefficient (Wildman–Crippen LogP) is 4.23. The number of amides is 1. The van der Waals surface area contributed by atoms with Crippen LogP contribution in [0, 0.1) is 5.82 Å². The molecule has 0 aliphatic rings. The summed E-state index contributed by atoms with van der Waals surface area (Å²) in [6.45, 7) is 5.03. The van der Waals surface area contributed by atoms with E-state index in [4.69, 9.17) is 17.3 Å². The van der Waals surface area contributed by atoms with Gasteiger partial charge in [-0.15, -0.1) is 11.3 Å². The van der Waals surface area contributed by atoms with Crippen LogP contribution in [-0.2, 0) is 18.2 Å². The van der Waals surface area contributed by atoms with Crippen molar-refractivity contribution in [3.63, 3.8) is 0 Å². The monoisotopic (exact) mass is 528 g/mol. The van der Waals surface area contributed by atoms with Crippen LogP contribution < -0.4 is 11.1 Å². The standard InChI is InChI=1S/C25H26ClFN6O2S/c1-24(2,28)15-8-18(14-5-6-16(26)17(27)7-14)31-22(9-15)25(3,35)12-29-23(34)21-10-19(32-33(21)4)20-11-36-13-30-20/h5-11,13,35H,12,28H2,1-4H3,(H,29,34). The number of rotatable bonds is 7. The summed E-state index contributed by atoms with van der Waals surface area (Å²) in [4.78, 5) is 21.7. The number of aliphatic hydroxyl groups is 1. The maximum atomic E-state index is 14.1. The zero-order valence-electron chi connectivity index (χ0n) is 20.2. The quantitative estimate of drug-likeness (QED) is 0.330. The minimum Gasteiger partial charge on any atom is -0.382 e. The number of carbonyl (C=O) groups is 1. The van der Waals surface area contributed by atoms with Gasteiger partial charge in [0.25, 0.3) is 5.91 Å². The first-order chi connectivity index (χ1) is 16.8. The van der Waals surface area contributed by atoms with Gasteiger partial charge in [0.05, 0.1) is 28.5 Å². The van der Waals surface area contributed by atoms with Crippen molar-refractivity contribution in [2.75, 3.05) is 6.54 Å². The van der Waals surface area contributed by atoms with Crippen LogP contribution in [0.4, 0.5) is 4.39 Å². The maximum Gasteiger partial charge on any atom is 0.269 e. The second kappa shape index (κ2) is 9.70. The van der Waals surface area contributed by atoms with Gasteiger partial charge in [0.15, 0.2) is 0 Å². The SMILES string of the molecule is Cn1nc(-c2cscn2)cc1C(=O)NCC(C)(O)c1cc(C(C)(C)N)cc(-c2ccc(Cl)c(F)c2)n1. The van der Waals surface area contributed by atoms with Gasteiger partial charge >= 0.3 is 0 Å². The number of thiazole rings is 1. The van der Waals surface area contributed by atoms with Crippen molar-refractivity contribution in [1.82, 2.24) is 25.1 Å². The van der Waals surface area contributed by atoms with E-state index in [9.17, 15) is 14.3 Å². The Morgan fingerprint density at radius 3 is 2.58 bits per heavy atom. The number of aryl methyl sites for hydroxylation is 1. The number of halogens is 2. The molecule has 8 nitrogen and oxygen atoms in total. The molecular formula is C25H26ClFN6O2S. The molecular weight excluding hydrogens is 503 g/mol. The summed E-state index contributed by atoms with van der Waals surface area (Å²) in [5.41, 5.74) is 9.13. The van der Waals surface area contributed by atoms with Crippen LogP contribution in [0.3, 0.4) is 0 Å². The average Bonchev–Trinajstić information content (AvgIpc) is 3.48. The van der Waals surface area contributed by atoms with Crippen molar-refractivity contribution in [3.05, 3.63) is 75.1 Å². The predicted molar refractivity (Wildman–Crippen MR) is 138 cm³/mol. The first-order valence-electron chi connectivity index (χ1n) is 11.1. The first-order valence-corrected chi connectivity index (χ1v) is 12.4. The maximum absolute atomic E-state index is 14.1. The molecule has 36 heavy (non-hydrogen) atoms. The fraction of sp³-hybridized carbons (Fsp3) is 0.280. The lowest BCUT2D eigenvalue weighted by molar-refractivity contribution is 0.0486. The highest BCUT2D eigenvalue weighted by Crippen LogP contribution is 2.30. The number of nitrogens with two attached hydrogens (primary N) is 1. The highest BCUT2D eigenvalue weighted by atomic mass is 35.5. The molecule has 0 bridgehead atoms. The van der Waals surface area contributed by atoms with Gasteiger partial charge in [-0.25, -0.2) is 14.4 Å². The van der Waals surface area contributed by atoms with Crippen LogP contribution >= 0.6 is 22.9 Å². The molecule has 0 saturated heterocycles. The molecule has 0 radical (unpaired) electrons.